The van der Waals surface area contributed by atoms with Crippen LogP contribution >= 0.6 is 0 Å². The van der Waals surface area contributed by atoms with Crippen molar-refractivity contribution in [3.63, 3.8) is 0 Å². The van der Waals surface area contributed by atoms with Gasteiger partial charge in [-0.2, -0.15) is 0 Å². The van der Waals surface area contributed by atoms with Crippen LogP contribution in [0.15, 0.2) is 30.3 Å². The number of benzene rings is 1. The Balaban J connectivity index is 1.56. The molecule has 3 fully saturated rings. The number of carbonyl (C=O) groups is 1. The van der Waals surface area contributed by atoms with Crippen molar-refractivity contribution in [1.82, 2.24) is 4.90 Å². The first-order valence-corrected chi connectivity index (χ1v) is 8.47. The Kier molecular flexibility index (Phi) is 4.09. The lowest BCUT2D eigenvalue weighted by atomic mass is 9.88. The topological polar surface area (TPSA) is 77.5 Å². The van der Waals surface area contributed by atoms with Gasteiger partial charge in [0.1, 0.15) is 18.3 Å². The third kappa shape index (κ3) is 2.76. The molecule has 4 rings (SSSR count). The number of fused-ring (bicyclic) bond motifs is 1. The van der Waals surface area contributed by atoms with Gasteiger partial charge in [-0.3, -0.25) is 4.79 Å². The first-order chi connectivity index (χ1) is 11.9. The first-order valence-electron chi connectivity index (χ1n) is 8.47. The highest BCUT2D eigenvalue weighted by Gasteiger charge is 2.63. The highest BCUT2D eigenvalue weighted by molar-refractivity contribution is 5.88. The second-order valence-corrected chi connectivity index (χ2v) is 7.16. The smallest absolute Gasteiger partial charge is 0.254 e. The van der Waals surface area contributed by atoms with E-state index in [0.717, 1.165) is 5.56 Å². The van der Waals surface area contributed by atoms with Crippen molar-refractivity contribution < 1.29 is 28.8 Å². The minimum absolute atomic E-state index is 0.298. The van der Waals surface area contributed by atoms with Gasteiger partial charge in [0.2, 0.25) is 0 Å². The molecular weight excluding hydrogens is 326 g/mol. The lowest BCUT2D eigenvalue weighted by Gasteiger charge is -2.48. The van der Waals surface area contributed by atoms with Gasteiger partial charge in [-0.15, -0.1) is 0 Å². The minimum atomic E-state index is -1.10. The third-order valence-electron chi connectivity index (χ3n) is 5.03. The maximum atomic E-state index is 12.2. The molecule has 0 bridgehead atoms. The lowest BCUT2D eigenvalue weighted by Crippen LogP contribution is -2.70. The van der Waals surface area contributed by atoms with Crippen molar-refractivity contribution in [2.45, 2.75) is 62.9 Å². The predicted molar refractivity (Wildman–Crippen MR) is 86.3 cm³/mol. The van der Waals surface area contributed by atoms with Crippen molar-refractivity contribution in [2.75, 3.05) is 7.11 Å². The second kappa shape index (κ2) is 6.03. The predicted octanol–water partition coefficient (Wildman–Crippen LogP) is 0.650. The summed E-state index contributed by atoms with van der Waals surface area (Å²) in [4.78, 5) is 13.9. The molecule has 6 atom stereocenters. The van der Waals surface area contributed by atoms with E-state index in [1.165, 1.54) is 0 Å². The number of amides is 1. The van der Waals surface area contributed by atoms with Crippen LogP contribution in [0.4, 0.5) is 0 Å². The number of rotatable bonds is 4. The Morgan fingerprint density at radius 1 is 1.16 bits per heavy atom. The van der Waals surface area contributed by atoms with Gasteiger partial charge in [0.15, 0.2) is 18.2 Å². The number of methoxy groups -OCH3 is 1. The summed E-state index contributed by atoms with van der Waals surface area (Å²) >= 11 is 0. The van der Waals surface area contributed by atoms with Gasteiger partial charge < -0.3 is 29.0 Å². The molecule has 1 amide bonds. The summed E-state index contributed by atoms with van der Waals surface area (Å²) in [6.45, 7) is 4.08. The summed E-state index contributed by atoms with van der Waals surface area (Å²) in [6, 6.07) is 9.17. The van der Waals surface area contributed by atoms with Gasteiger partial charge in [-0.05, 0) is 19.4 Å². The third-order valence-corrected chi connectivity index (χ3v) is 5.03. The molecule has 0 aromatic heterocycles. The van der Waals surface area contributed by atoms with Crippen molar-refractivity contribution in [3.8, 4) is 0 Å². The van der Waals surface area contributed by atoms with E-state index >= 15 is 0 Å². The van der Waals surface area contributed by atoms with E-state index in [4.69, 9.17) is 18.9 Å². The van der Waals surface area contributed by atoms with Crippen molar-refractivity contribution in [3.05, 3.63) is 35.9 Å². The highest BCUT2D eigenvalue weighted by Crippen LogP contribution is 2.43. The molecule has 0 unspecified atom stereocenters. The maximum absolute atomic E-state index is 12.2. The van der Waals surface area contributed by atoms with Gasteiger partial charge in [0.25, 0.3) is 5.91 Å². The number of hydrogen-bond acceptors (Lipinski definition) is 6. The van der Waals surface area contributed by atoms with Gasteiger partial charge in [0.05, 0.1) is 6.04 Å². The summed E-state index contributed by atoms with van der Waals surface area (Å²) in [5.41, 5.74) is 0.995. The van der Waals surface area contributed by atoms with Crippen LogP contribution in [-0.2, 0) is 30.3 Å². The Labute approximate surface area is 146 Å². The molecule has 3 saturated heterocycles. The monoisotopic (exact) mass is 349 g/mol. The summed E-state index contributed by atoms with van der Waals surface area (Å²) in [5.74, 6) is -1.05. The van der Waals surface area contributed by atoms with E-state index < -0.39 is 36.4 Å². The number of carbonyl (C=O) groups excluding carboxylic acids is 1. The molecule has 1 aromatic rings. The zero-order chi connectivity index (χ0) is 17.8. The largest absolute Gasteiger partial charge is 0.381 e. The summed E-state index contributed by atoms with van der Waals surface area (Å²) in [5, 5.41) is 10.3. The first kappa shape index (κ1) is 16.9. The molecule has 1 N–H and O–H groups in total. The molecule has 0 radical (unpaired) electrons. The van der Waals surface area contributed by atoms with Crippen LogP contribution in [0.2, 0.25) is 0 Å². The van der Waals surface area contributed by atoms with Gasteiger partial charge in [-0.1, -0.05) is 30.3 Å². The van der Waals surface area contributed by atoms with Crippen LogP contribution in [0.1, 0.15) is 19.4 Å². The summed E-state index contributed by atoms with van der Waals surface area (Å²) in [7, 11) is 1.54. The van der Waals surface area contributed by atoms with Crippen LogP contribution in [0.3, 0.4) is 0 Å². The molecule has 0 spiro atoms. The van der Waals surface area contributed by atoms with E-state index in [2.05, 4.69) is 0 Å². The fourth-order valence-electron chi connectivity index (χ4n) is 3.93. The van der Waals surface area contributed by atoms with E-state index in [1.54, 1.807) is 12.0 Å². The van der Waals surface area contributed by atoms with E-state index in [1.807, 2.05) is 44.2 Å². The molecule has 1 aromatic carbocycles. The Morgan fingerprint density at radius 2 is 1.84 bits per heavy atom. The molecule has 0 aliphatic carbocycles. The molecular formula is C18H23NO6. The fourth-order valence-corrected chi connectivity index (χ4v) is 3.93. The van der Waals surface area contributed by atoms with Crippen LogP contribution in [-0.4, -0.2) is 65.6 Å². The fraction of sp³-hybridized carbons (Fsp3) is 0.611. The standard InChI is InChI=1S/C18H23NO6/c1-18(2)24-14-13(23-17(22-3)15(14)25-18)11-12(20)16(21)19(11)9-10-7-5-4-6-8-10/h4-8,11-15,17,20H,9H2,1-3H3/t11-,12-,13+,14+,15+,17+/m0/s1. The van der Waals surface area contributed by atoms with Crippen LogP contribution < -0.4 is 0 Å². The molecule has 7 heteroatoms. The number of nitrogens with zero attached hydrogens (tertiary/aromatic N) is 1. The SMILES string of the molecule is CO[C@@H]1O[C@H]([C@@H]2[C@H](O)C(=O)N2Cc2ccccc2)[C@H]2OC(C)(C)O[C@@H]12. The van der Waals surface area contributed by atoms with Crippen molar-refractivity contribution in [2.24, 2.45) is 0 Å². The van der Waals surface area contributed by atoms with Crippen LogP contribution in [0.25, 0.3) is 0 Å². The zero-order valence-corrected chi connectivity index (χ0v) is 14.5. The van der Waals surface area contributed by atoms with Gasteiger partial charge in [-0.25, -0.2) is 0 Å². The van der Waals surface area contributed by atoms with E-state index in [-0.39, 0.29) is 12.0 Å². The number of aliphatic hydroxyl groups is 1. The number of ether oxygens (including phenoxy) is 4. The van der Waals surface area contributed by atoms with E-state index in [0.29, 0.717) is 6.54 Å². The van der Waals surface area contributed by atoms with Crippen LogP contribution in [0.5, 0.6) is 0 Å². The minimum Gasteiger partial charge on any atom is -0.381 e. The zero-order valence-electron chi connectivity index (χ0n) is 14.5. The molecule has 3 aliphatic rings. The van der Waals surface area contributed by atoms with Gasteiger partial charge >= 0.3 is 0 Å². The average Bonchev–Trinajstić information content (AvgIpc) is 3.08. The maximum Gasteiger partial charge on any atom is 0.254 e. The van der Waals surface area contributed by atoms with Crippen molar-refractivity contribution >= 4 is 5.91 Å². The summed E-state index contributed by atoms with van der Waals surface area (Å²) < 4.78 is 23.2. The molecule has 25 heavy (non-hydrogen) atoms. The number of aliphatic hydroxyl groups excluding tert-OH is 1. The van der Waals surface area contributed by atoms with Crippen LogP contribution in [0, 0.1) is 0 Å². The Hall–Kier alpha value is -1.51. The Morgan fingerprint density at radius 3 is 2.52 bits per heavy atom. The molecule has 7 nitrogen and oxygen atoms in total. The Bertz CT molecular complexity index is 650. The number of hydrogen-bond donors (Lipinski definition) is 1. The number of likely N-dealkylation sites (tertiary alicyclic amines) is 1. The highest BCUT2D eigenvalue weighted by atomic mass is 16.8. The molecule has 0 saturated carbocycles. The molecule has 136 valence electrons. The van der Waals surface area contributed by atoms with Gasteiger partial charge in [0, 0.05) is 13.7 Å². The van der Waals surface area contributed by atoms with Crippen molar-refractivity contribution in [1.29, 1.82) is 0 Å². The molecule has 3 heterocycles. The van der Waals surface area contributed by atoms with E-state index in [9.17, 15) is 9.90 Å². The molecule has 3 aliphatic heterocycles. The quantitative estimate of drug-likeness (QED) is 0.805. The number of β-lactam (4-membered cyclic amide) rings is 1. The lowest BCUT2D eigenvalue weighted by molar-refractivity contribution is -0.244. The second-order valence-electron chi connectivity index (χ2n) is 7.16. The summed E-state index contributed by atoms with van der Waals surface area (Å²) in [6.07, 6.45) is -2.97. The average molecular weight is 349 g/mol. The normalized spacial score (nSPS) is 39.4.